The van der Waals surface area contributed by atoms with Gasteiger partial charge in [0.2, 0.25) is 0 Å². The molecule has 27 heavy (non-hydrogen) atoms. The molecule has 146 valence electrons. The lowest BCUT2D eigenvalue weighted by Gasteiger charge is -2.13. The van der Waals surface area contributed by atoms with Crippen molar-refractivity contribution in [1.82, 2.24) is 10.6 Å². The second kappa shape index (κ2) is 10.3. The van der Waals surface area contributed by atoms with Crippen LogP contribution < -0.4 is 20.1 Å². The Labute approximate surface area is 161 Å². The molecule has 0 aliphatic rings. The fourth-order valence-electron chi connectivity index (χ4n) is 2.74. The minimum atomic E-state index is 0.188. The van der Waals surface area contributed by atoms with Crippen LogP contribution in [0.5, 0.6) is 17.2 Å². The van der Waals surface area contributed by atoms with Crippen LogP contribution in [0.3, 0.4) is 0 Å². The minimum Gasteiger partial charge on any atom is -0.504 e. The van der Waals surface area contributed by atoms with Gasteiger partial charge in [0.05, 0.1) is 20.8 Å². The van der Waals surface area contributed by atoms with Crippen molar-refractivity contribution in [3.63, 3.8) is 0 Å². The highest BCUT2D eigenvalue weighted by Gasteiger charge is 2.08. The summed E-state index contributed by atoms with van der Waals surface area (Å²) >= 11 is 0. The third-order valence-electron chi connectivity index (χ3n) is 4.18. The van der Waals surface area contributed by atoms with Crippen molar-refractivity contribution in [3.8, 4) is 17.2 Å². The quantitative estimate of drug-likeness (QED) is 0.491. The van der Waals surface area contributed by atoms with Crippen LogP contribution in [0, 0.1) is 6.92 Å². The van der Waals surface area contributed by atoms with E-state index < -0.39 is 0 Å². The van der Waals surface area contributed by atoms with Gasteiger partial charge in [0.25, 0.3) is 0 Å². The number of methoxy groups -OCH3 is 2. The number of guanidine groups is 1. The van der Waals surface area contributed by atoms with E-state index in [1.54, 1.807) is 20.3 Å². The van der Waals surface area contributed by atoms with Gasteiger partial charge in [-0.25, -0.2) is 4.99 Å². The van der Waals surface area contributed by atoms with Gasteiger partial charge in [-0.15, -0.1) is 0 Å². The molecular weight excluding hydrogens is 342 g/mol. The molecule has 0 saturated heterocycles. The molecular formula is C21H29N3O3. The zero-order valence-electron chi connectivity index (χ0n) is 16.5. The number of benzene rings is 2. The second-order valence-corrected chi connectivity index (χ2v) is 6.16. The Kier molecular flexibility index (Phi) is 7.79. The number of phenols is 1. The van der Waals surface area contributed by atoms with Gasteiger partial charge in [0, 0.05) is 18.7 Å². The first-order valence-electron chi connectivity index (χ1n) is 9.09. The Balaban J connectivity index is 2.00. The number of aryl methyl sites for hydroxylation is 1. The molecule has 0 spiro atoms. The molecule has 2 rings (SSSR count). The van der Waals surface area contributed by atoms with Gasteiger partial charge in [-0.3, -0.25) is 0 Å². The van der Waals surface area contributed by atoms with Crippen LogP contribution in [0.4, 0.5) is 0 Å². The van der Waals surface area contributed by atoms with Gasteiger partial charge in [-0.05, 0) is 43.5 Å². The van der Waals surface area contributed by atoms with Crippen molar-refractivity contribution in [3.05, 3.63) is 53.1 Å². The monoisotopic (exact) mass is 371 g/mol. The maximum Gasteiger partial charge on any atom is 0.191 e. The molecule has 0 heterocycles. The summed E-state index contributed by atoms with van der Waals surface area (Å²) in [5, 5.41) is 16.7. The van der Waals surface area contributed by atoms with Gasteiger partial charge in [0.15, 0.2) is 17.5 Å². The molecule has 0 atom stereocenters. The maximum absolute atomic E-state index is 10.2. The van der Waals surface area contributed by atoms with Gasteiger partial charge in [-0.2, -0.15) is 0 Å². The van der Waals surface area contributed by atoms with E-state index >= 15 is 0 Å². The molecule has 6 heteroatoms. The zero-order valence-corrected chi connectivity index (χ0v) is 16.5. The third-order valence-corrected chi connectivity index (χ3v) is 4.18. The van der Waals surface area contributed by atoms with E-state index in [2.05, 4.69) is 21.7 Å². The average Bonchev–Trinajstić information content (AvgIpc) is 2.68. The average molecular weight is 371 g/mol. The fraction of sp³-hybridized carbons (Fsp3) is 0.381. The number of nitrogens with one attached hydrogen (secondary N) is 2. The molecule has 2 aromatic rings. The van der Waals surface area contributed by atoms with Crippen molar-refractivity contribution < 1.29 is 14.6 Å². The van der Waals surface area contributed by atoms with Gasteiger partial charge in [0.1, 0.15) is 5.75 Å². The highest BCUT2D eigenvalue weighted by atomic mass is 16.5. The first-order valence-corrected chi connectivity index (χ1v) is 9.09. The lowest BCUT2D eigenvalue weighted by atomic mass is 10.1. The Morgan fingerprint density at radius 3 is 2.52 bits per heavy atom. The second-order valence-electron chi connectivity index (χ2n) is 6.16. The van der Waals surface area contributed by atoms with Crippen molar-refractivity contribution in [1.29, 1.82) is 0 Å². The number of hydrogen-bond acceptors (Lipinski definition) is 4. The number of phenolic OH excluding ortho intramolecular Hbond substituents is 1. The number of para-hydroxylation sites is 1. The predicted octanol–water partition coefficient (Wildman–Crippen LogP) is 3.02. The Hall–Kier alpha value is -2.89. The Morgan fingerprint density at radius 2 is 1.81 bits per heavy atom. The normalized spacial score (nSPS) is 11.2. The van der Waals surface area contributed by atoms with Gasteiger partial charge < -0.3 is 25.2 Å². The Morgan fingerprint density at radius 1 is 1.04 bits per heavy atom. The number of aromatic hydroxyl groups is 1. The number of hydrogen-bond donors (Lipinski definition) is 3. The lowest BCUT2D eigenvalue weighted by molar-refractivity contribution is 0.370. The summed E-state index contributed by atoms with van der Waals surface area (Å²) in [6, 6.07) is 11.6. The van der Waals surface area contributed by atoms with E-state index in [9.17, 15) is 5.11 Å². The summed E-state index contributed by atoms with van der Waals surface area (Å²) < 4.78 is 10.6. The molecule has 0 aromatic heterocycles. The molecule has 2 aromatic carbocycles. The fourth-order valence-corrected chi connectivity index (χ4v) is 2.74. The third kappa shape index (κ3) is 5.81. The first-order chi connectivity index (χ1) is 13.1. The summed E-state index contributed by atoms with van der Waals surface area (Å²) in [5.41, 5.74) is 3.02. The molecule has 0 saturated carbocycles. The van der Waals surface area contributed by atoms with Crippen LogP contribution in [0.15, 0.2) is 41.4 Å². The zero-order chi connectivity index (χ0) is 19.6. The van der Waals surface area contributed by atoms with Crippen LogP contribution in [0.25, 0.3) is 0 Å². The summed E-state index contributed by atoms with van der Waals surface area (Å²) in [5.74, 6) is 2.24. The van der Waals surface area contributed by atoms with E-state index in [1.165, 1.54) is 0 Å². The number of ether oxygens (including phenoxy) is 2. The first kappa shape index (κ1) is 20.4. The number of rotatable bonds is 8. The predicted molar refractivity (Wildman–Crippen MR) is 109 cm³/mol. The summed E-state index contributed by atoms with van der Waals surface area (Å²) in [6.45, 7) is 5.98. The summed E-state index contributed by atoms with van der Waals surface area (Å²) in [4.78, 5) is 4.64. The van der Waals surface area contributed by atoms with Crippen LogP contribution in [-0.2, 0) is 13.0 Å². The van der Waals surface area contributed by atoms with E-state index in [0.717, 1.165) is 34.9 Å². The van der Waals surface area contributed by atoms with Crippen molar-refractivity contribution in [2.24, 2.45) is 4.99 Å². The molecule has 0 radical (unpaired) electrons. The number of aliphatic imine (C=N–C) groups is 1. The lowest BCUT2D eigenvalue weighted by Crippen LogP contribution is -2.38. The SMILES string of the molecule is CCNC(=NCc1ccc(C)cc1OC)NCCc1cccc(OC)c1O. The topological polar surface area (TPSA) is 75.1 Å². The minimum absolute atomic E-state index is 0.188. The summed E-state index contributed by atoms with van der Waals surface area (Å²) in [7, 11) is 3.22. The molecule has 0 aliphatic carbocycles. The number of nitrogens with zero attached hydrogens (tertiary/aromatic N) is 1. The van der Waals surface area contributed by atoms with E-state index in [0.29, 0.717) is 25.3 Å². The maximum atomic E-state index is 10.2. The molecule has 0 unspecified atom stereocenters. The standard InChI is InChI=1S/C21H29N3O3/c1-5-22-21(24-14-17-10-9-15(2)13-19(17)27-4)23-12-11-16-7-6-8-18(26-3)20(16)25/h6-10,13,25H,5,11-12,14H2,1-4H3,(H2,22,23,24). The van der Waals surface area contributed by atoms with Crippen LogP contribution in [0.1, 0.15) is 23.6 Å². The van der Waals surface area contributed by atoms with Gasteiger partial charge >= 0.3 is 0 Å². The highest BCUT2D eigenvalue weighted by molar-refractivity contribution is 5.79. The molecule has 6 nitrogen and oxygen atoms in total. The molecule has 3 N–H and O–H groups in total. The molecule has 0 amide bonds. The molecule has 0 aliphatic heterocycles. The van der Waals surface area contributed by atoms with Crippen molar-refractivity contribution in [2.75, 3.05) is 27.3 Å². The van der Waals surface area contributed by atoms with Crippen molar-refractivity contribution in [2.45, 2.75) is 26.8 Å². The highest BCUT2D eigenvalue weighted by Crippen LogP contribution is 2.29. The summed E-state index contributed by atoms with van der Waals surface area (Å²) in [6.07, 6.45) is 0.654. The van der Waals surface area contributed by atoms with Crippen molar-refractivity contribution >= 4 is 5.96 Å². The van der Waals surface area contributed by atoms with Crippen LogP contribution in [0.2, 0.25) is 0 Å². The smallest absolute Gasteiger partial charge is 0.191 e. The van der Waals surface area contributed by atoms with E-state index in [1.807, 2.05) is 38.1 Å². The molecule has 0 fully saturated rings. The van der Waals surface area contributed by atoms with Crippen LogP contribution in [-0.4, -0.2) is 38.4 Å². The van der Waals surface area contributed by atoms with Gasteiger partial charge in [-0.1, -0.05) is 24.3 Å². The van der Waals surface area contributed by atoms with Crippen LogP contribution >= 0.6 is 0 Å². The van der Waals surface area contributed by atoms with E-state index in [4.69, 9.17) is 9.47 Å². The Bertz CT molecular complexity index is 775. The molecule has 0 bridgehead atoms. The van der Waals surface area contributed by atoms with E-state index in [-0.39, 0.29) is 5.75 Å². The largest absolute Gasteiger partial charge is 0.504 e.